The first kappa shape index (κ1) is 13.9. The standard InChI is InChI=1S/C15H15ClN2O3/c1-21-15-12(13(19)14(15)20)18-8-6-17(7-9-18)11-4-2-10(16)3-5-11/h2-5H,6-9H2,1H3. The lowest BCUT2D eigenvalue weighted by Crippen LogP contribution is -2.51. The molecule has 0 N–H and O–H groups in total. The molecular formula is C15H15ClN2O3. The van der Waals surface area contributed by atoms with E-state index in [0.29, 0.717) is 23.8 Å². The number of anilines is 2. The molecule has 1 saturated heterocycles. The zero-order valence-corrected chi connectivity index (χ0v) is 12.4. The number of hydrogen-bond donors (Lipinski definition) is 0. The lowest BCUT2D eigenvalue weighted by atomic mass is 10.1. The molecule has 1 fully saturated rings. The highest BCUT2D eigenvalue weighted by atomic mass is 35.5. The predicted molar refractivity (Wildman–Crippen MR) is 83.8 cm³/mol. The number of nitrogens with zero attached hydrogens (tertiary/aromatic N) is 2. The Morgan fingerprint density at radius 3 is 2.10 bits per heavy atom. The van der Waals surface area contributed by atoms with Crippen molar-refractivity contribution < 1.29 is 4.74 Å². The Hall–Kier alpha value is -2.01. The van der Waals surface area contributed by atoms with Gasteiger partial charge in [-0.15, -0.1) is 0 Å². The number of halogens is 1. The van der Waals surface area contributed by atoms with Crippen molar-refractivity contribution in [3.05, 3.63) is 49.7 Å². The molecule has 0 spiro atoms. The van der Waals surface area contributed by atoms with E-state index in [9.17, 15) is 9.59 Å². The van der Waals surface area contributed by atoms with Gasteiger partial charge in [0.2, 0.25) is 0 Å². The van der Waals surface area contributed by atoms with E-state index in [2.05, 4.69) is 4.90 Å². The molecule has 0 saturated carbocycles. The van der Waals surface area contributed by atoms with Crippen molar-refractivity contribution in [2.45, 2.75) is 0 Å². The average Bonchev–Trinajstić information content (AvgIpc) is 2.52. The van der Waals surface area contributed by atoms with Crippen LogP contribution in [0.3, 0.4) is 0 Å². The van der Waals surface area contributed by atoms with E-state index in [1.165, 1.54) is 7.11 Å². The summed E-state index contributed by atoms with van der Waals surface area (Å²) in [5.41, 5.74) is 0.577. The molecule has 2 aromatic rings. The number of benzene rings is 1. The molecule has 110 valence electrons. The first-order valence-electron chi connectivity index (χ1n) is 6.74. The summed E-state index contributed by atoms with van der Waals surface area (Å²) in [7, 11) is 1.42. The van der Waals surface area contributed by atoms with Crippen molar-refractivity contribution in [1.29, 1.82) is 0 Å². The van der Waals surface area contributed by atoms with Crippen LogP contribution in [0.15, 0.2) is 33.9 Å². The molecular weight excluding hydrogens is 292 g/mol. The Labute approximate surface area is 127 Å². The van der Waals surface area contributed by atoms with Gasteiger partial charge >= 0.3 is 0 Å². The Kier molecular flexibility index (Phi) is 3.59. The SMILES string of the molecule is COc1c(N2CCN(c3ccc(Cl)cc3)CC2)c(=O)c1=O. The highest BCUT2D eigenvalue weighted by Gasteiger charge is 2.29. The molecule has 0 atom stereocenters. The lowest BCUT2D eigenvalue weighted by molar-refractivity contribution is 0.404. The molecule has 0 bridgehead atoms. The van der Waals surface area contributed by atoms with Gasteiger partial charge in [-0.25, -0.2) is 0 Å². The summed E-state index contributed by atoms with van der Waals surface area (Å²) < 4.78 is 5.00. The second-order valence-electron chi connectivity index (χ2n) is 4.99. The Bertz CT molecular complexity index is 711. The van der Waals surface area contributed by atoms with Gasteiger partial charge < -0.3 is 14.5 Å². The van der Waals surface area contributed by atoms with E-state index in [-0.39, 0.29) is 5.75 Å². The predicted octanol–water partition coefficient (Wildman–Crippen LogP) is 1.27. The van der Waals surface area contributed by atoms with Crippen LogP contribution >= 0.6 is 11.6 Å². The first-order chi connectivity index (χ1) is 10.1. The fourth-order valence-electron chi connectivity index (χ4n) is 2.68. The van der Waals surface area contributed by atoms with E-state index in [1.807, 2.05) is 29.2 Å². The van der Waals surface area contributed by atoms with Crippen molar-refractivity contribution >= 4 is 23.0 Å². The maximum absolute atomic E-state index is 11.7. The number of piperazine rings is 1. The topological polar surface area (TPSA) is 49.9 Å². The fourth-order valence-corrected chi connectivity index (χ4v) is 2.80. The highest BCUT2D eigenvalue weighted by Crippen LogP contribution is 2.25. The summed E-state index contributed by atoms with van der Waals surface area (Å²) in [4.78, 5) is 27.2. The van der Waals surface area contributed by atoms with Crippen LogP contribution in [0.5, 0.6) is 5.75 Å². The van der Waals surface area contributed by atoms with Gasteiger partial charge in [0.05, 0.1) is 7.11 Å². The maximum atomic E-state index is 11.7. The van der Waals surface area contributed by atoms with Crippen molar-refractivity contribution in [2.24, 2.45) is 0 Å². The van der Waals surface area contributed by atoms with E-state index < -0.39 is 10.9 Å². The Morgan fingerprint density at radius 2 is 1.52 bits per heavy atom. The lowest BCUT2D eigenvalue weighted by Gasteiger charge is -2.37. The second kappa shape index (κ2) is 5.41. The number of ether oxygens (including phenoxy) is 1. The molecule has 1 aliphatic heterocycles. The van der Waals surface area contributed by atoms with Crippen LogP contribution in [-0.2, 0) is 0 Å². The van der Waals surface area contributed by atoms with Crippen LogP contribution in [0.1, 0.15) is 0 Å². The summed E-state index contributed by atoms with van der Waals surface area (Å²) >= 11 is 5.89. The van der Waals surface area contributed by atoms with Gasteiger partial charge in [0.15, 0.2) is 5.75 Å². The third kappa shape index (κ3) is 2.38. The molecule has 1 aliphatic rings. The van der Waals surface area contributed by atoms with Gasteiger partial charge in [0.1, 0.15) is 5.69 Å². The van der Waals surface area contributed by atoms with Crippen molar-refractivity contribution in [1.82, 2.24) is 0 Å². The minimum atomic E-state index is -0.521. The molecule has 0 amide bonds. The largest absolute Gasteiger partial charge is 0.491 e. The van der Waals surface area contributed by atoms with Gasteiger partial charge in [-0.1, -0.05) is 11.6 Å². The third-order valence-corrected chi connectivity index (χ3v) is 4.09. The van der Waals surface area contributed by atoms with Crippen LogP contribution in [0.25, 0.3) is 0 Å². The summed E-state index contributed by atoms with van der Waals surface area (Å²) in [5.74, 6) is 0.194. The highest BCUT2D eigenvalue weighted by molar-refractivity contribution is 6.30. The van der Waals surface area contributed by atoms with Crippen LogP contribution in [-0.4, -0.2) is 33.3 Å². The summed E-state index contributed by atoms with van der Waals surface area (Å²) in [6.45, 7) is 2.93. The molecule has 6 heteroatoms. The van der Waals surface area contributed by atoms with E-state index in [4.69, 9.17) is 16.3 Å². The number of rotatable bonds is 3. The average molecular weight is 307 g/mol. The minimum Gasteiger partial charge on any atom is -0.491 e. The van der Waals surface area contributed by atoms with Gasteiger partial charge in [-0.05, 0) is 24.3 Å². The molecule has 3 rings (SSSR count). The van der Waals surface area contributed by atoms with Crippen LogP contribution in [0, 0.1) is 0 Å². The van der Waals surface area contributed by atoms with Gasteiger partial charge in [-0.2, -0.15) is 0 Å². The number of methoxy groups -OCH3 is 1. The molecule has 21 heavy (non-hydrogen) atoms. The molecule has 5 nitrogen and oxygen atoms in total. The molecule has 2 aromatic carbocycles. The zero-order valence-electron chi connectivity index (χ0n) is 11.6. The van der Waals surface area contributed by atoms with Crippen molar-refractivity contribution in [2.75, 3.05) is 43.1 Å². The normalized spacial score (nSPS) is 15.5. The van der Waals surface area contributed by atoms with Crippen molar-refractivity contribution in [3.8, 4) is 5.75 Å². The number of hydrogen-bond acceptors (Lipinski definition) is 5. The molecule has 0 unspecified atom stereocenters. The van der Waals surface area contributed by atoms with Crippen LogP contribution in [0.4, 0.5) is 11.4 Å². The summed E-state index contributed by atoms with van der Waals surface area (Å²) in [6, 6.07) is 7.69. The molecule has 0 aromatic heterocycles. The van der Waals surface area contributed by atoms with E-state index >= 15 is 0 Å². The van der Waals surface area contributed by atoms with Crippen LogP contribution in [0.2, 0.25) is 5.02 Å². The Balaban J connectivity index is 1.71. The molecule has 0 radical (unpaired) electrons. The van der Waals surface area contributed by atoms with Crippen LogP contribution < -0.4 is 25.4 Å². The van der Waals surface area contributed by atoms with E-state index in [0.717, 1.165) is 18.8 Å². The van der Waals surface area contributed by atoms with Crippen molar-refractivity contribution in [3.63, 3.8) is 0 Å². The monoisotopic (exact) mass is 306 g/mol. The zero-order chi connectivity index (χ0) is 15.0. The fraction of sp³-hybridized carbons (Fsp3) is 0.333. The molecule has 1 heterocycles. The summed E-state index contributed by atoms with van der Waals surface area (Å²) in [6.07, 6.45) is 0. The third-order valence-electron chi connectivity index (χ3n) is 3.83. The first-order valence-corrected chi connectivity index (χ1v) is 7.12. The van der Waals surface area contributed by atoms with Gasteiger partial charge in [0, 0.05) is 36.9 Å². The quantitative estimate of drug-likeness (QED) is 0.799. The van der Waals surface area contributed by atoms with E-state index in [1.54, 1.807) is 0 Å². The van der Waals surface area contributed by atoms with Gasteiger partial charge in [-0.3, -0.25) is 9.59 Å². The second-order valence-corrected chi connectivity index (χ2v) is 5.43. The minimum absolute atomic E-state index is 0.194. The van der Waals surface area contributed by atoms with Gasteiger partial charge in [0.25, 0.3) is 10.9 Å². The Morgan fingerprint density at radius 1 is 0.952 bits per heavy atom. The maximum Gasteiger partial charge on any atom is 0.272 e. The summed E-state index contributed by atoms with van der Waals surface area (Å²) in [5, 5.41) is 0.714. The smallest absolute Gasteiger partial charge is 0.272 e. The molecule has 0 aliphatic carbocycles.